The number of aliphatic carboxylic acids is 1. The van der Waals surface area contributed by atoms with Gasteiger partial charge in [-0.25, -0.2) is 0 Å². The van der Waals surface area contributed by atoms with E-state index in [4.69, 9.17) is 9.52 Å². The Labute approximate surface area is 116 Å². The molecule has 0 aromatic carbocycles. The van der Waals surface area contributed by atoms with Gasteiger partial charge in [0, 0.05) is 0 Å². The number of furan rings is 1. The zero-order chi connectivity index (χ0) is 14.5. The lowest BCUT2D eigenvalue weighted by atomic mass is 9.82. The Bertz CT molecular complexity index is 477. The summed E-state index contributed by atoms with van der Waals surface area (Å²) in [6, 6.07) is 2.93. The SMILES string of the molecule is O=C(O)C1CCC(CNCc2ccc([N+](=O)[O-])o2)CC1. The number of nitrogens with zero attached hydrogens (tertiary/aromatic N) is 1. The molecule has 110 valence electrons. The van der Waals surface area contributed by atoms with Crippen LogP contribution >= 0.6 is 0 Å². The van der Waals surface area contributed by atoms with E-state index in [0.29, 0.717) is 18.2 Å². The molecule has 7 nitrogen and oxygen atoms in total. The van der Waals surface area contributed by atoms with Crippen LogP contribution in [0.25, 0.3) is 0 Å². The van der Waals surface area contributed by atoms with E-state index in [1.807, 2.05) is 0 Å². The summed E-state index contributed by atoms with van der Waals surface area (Å²) in [5.41, 5.74) is 0. The van der Waals surface area contributed by atoms with E-state index in [1.54, 1.807) is 6.07 Å². The molecule has 2 N–H and O–H groups in total. The van der Waals surface area contributed by atoms with Gasteiger partial charge in [0.15, 0.2) is 0 Å². The van der Waals surface area contributed by atoms with Crippen molar-refractivity contribution in [2.75, 3.05) is 6.54 Å². The Balaban J connectivity index is 1.68. The average molecular weight is 282 g/mol. The number of nitro groups is 1. The Hall–Kier alpha value is -1.89. The van der Waals surface area contributed by atoms with Crippen molar-refractivity contribution >= 4 is 11.9 Å². The van der Waals surface area contributed by atoms with Crippen molar-refractivity contribution in [1.29, 1.82) is 0 Å². The second-order valence-corrected chi connectivity index (χ2v) is 5.18. The van der Waals surface area contributed by atoms with Crippen molar-refractivity contribution in [1.82, 2.24) is 5.32 Å². The summed E-state index contributed by atoms with van der Waals surface area (Å²) in [4.78, 5) is 20.7. The number of hydrogen-bond donors (Lipinski definition) is 2. The lowest BCUT2D eigenvalue weighted by Crippen LogP contribution is -2.28. The van der Waals surface area contributed by atoms with Crippen LogP contribution in [0.3, 0.4) is 0 Å². The molecule has 0 saturated heterocycles. The lowest BCUT2D eigenvalue weighted by molar-refractivity contribution is -0.402. The molecule has 7 heteroatoms. The molecule has 0 spiro atoms. The van der Waals surface area contributed by atoms with E-state index in [2.05, 4.69) is 5.32 Å². The third-order valence-electron chi connectivity index (χ3n) is 3.76. The molecular formula is C13H18N2O5. The van der Waals surface area contributed by atoms with Crippen molar-refractivity contribution in [3.63, 3.8) is 0 Å². The molecule has 1 aromatic rings. The van der Waals surface area contributed by atoms with Crippen LogP contribution in [0.5, 0.6) is 0 Å². The predicted molar refractivity (Wildman–Crippen MR) is 70.2 cm³/mol. The minimum absolute atomic E-state index is 0.195. The molecule has 2 rings (SSSR count). The third kappa shape index (κ3) is 3.80. The van der Waals surface area contributed by atoms with Gasteiger partial charge in [0.2, 0.25) is 0 Å². The van der Waals surface area contributed by atoms with E-state index in [1.165, 1.54) is 6.07 Å². The molecule has 1 saturated carbocycles. The van der Waals surface area contributed by atoms with Crippen LogP contribution in [0, 0.1) is 22.0 Å². The van der Waals surface area contributed by atoms with Crippen molar-refractivity contribution in [3.05, 3.63) is 28.0 Å². The smallest absolute Gasteiger partial charge is 0.433 e. The highest BCUT2D eigenvalue weighted by Gasteiger charge is 2.25. The van der Waals surface area contributed by atoms with Crippen LogP contribution in [0.1, 0.15) is 31.4 Å². The molecule has 0 amide bonds. The molecule has 1 aliphatic carbocycles. The van der Waals surface area contributed by atoms with Gasteiger partial charge >= 0.3 is 11.9 Å². The molecular weight excluding hydrogens is 264 g/mol. The number of nitrogens with one attached hydrogen (secondary N) is 1. The van der Waals surface area contributed by atoms with Crippen LogP contribution in [0.15, 0.2) is 16.5 Å². The Morgan fingerprint density at radius 3 is 2.65 bits per heavy atom. The number of carbonyl (C=O) groups is 1. The molecule has 1 aromatic heterocycles. The van der Waals surface area contributed by atoms with E-state index in [-0.39, 0.29) is 11.8 Å². The first-order valence-electron chi connectivity index (χ1n) is 6.73. The Morgan fingerprint density at radius 1 is 1.40 bits per heavy atom. The molecule has 0 bridgehead atoms. The Kier molecular flexibility index (Phi) is 4.73. The van der Waals surface area contributed by atoms with Crippen molar-refractivity contribution < 1.29 is 19.2 Å². The first-order chi connectivity index (χ1) is 9.56. The van der Waals surface area contributed by atoms with Crippen molar-refractivity contribution in [3.8, 4) is 0 Å². The fourth-order valence-electron chi connectivity index (χ4n) is 2.57. The van der Waals surface area contributed by atoms with Gasteiger partial charge in [-0.2, -0.15) is 0 Å². The van der Waals surface area contributed by atoms with E-state index in [9.17, 15) is 14.9 Å². The summed E-state index contributed by atoms with van der Waals surface area (Å²) in [5.74, 6) is -0.131. The molecule has 1 heterocycles. The van der Waals surface area contributed by atoms with Crippen molar-refractivity contribution in [2.45, 2.75) is 32.2 Å². The minimum atomic E-state index is -0.695. The van der Waals surface area contributed by atoms with Gasteiger partial charge in [0.05, 0.1) is 18.5 Å². The molecule has 1 fully saturated rings. The highest BCUT2D eigenvalue weighted by Crippen LogP contribution is 2.28. The highest BCUT2D eigenvalue weighted by atomic mass is 16.6. The van der Waals surface area contributed by atoms with Crippen LogP contribution in [-0.4, -0.2) is 22.5 Å². The van der Waals surface area contributed by atoms with Gasteiger partial charge in [-0.1, -0.05) is 0 Å². The van der Waals surface area contributed by atoms with Crippen molar-refractivity contribution in [2.24, 2.45) is 11.8 Å². The van der Waals surface area contributed by atoms with E-state index >= 15 is 0 Å². The molecule has 0 aliphatic heterocycles. The molecule has 1 aliphatic rings. The van der Waals surface area contributed by atoms with Gasteiger partial charge in [-0.3, -0.25) is 14.9 Å². The first kappa shape index (κ1) is 14.5. The quantitative estimate of drug-likeness (QED) is 0.612. The number of rotatable bonds is 6. The maximum atomic E-state index is 10.8. The second-order valence-electron chi connectivity index (χ2n) is 5.18. The van der Waals surface area contributed by atoms with Gasteiger partial charge < -0.3 is 14.8 Å². The second kappa shape index (κ2) is 6.51. The maximum Gasteiger partial charge on any atom is 0.433 e. The monoisotopic (exact) mass is 282 g/mol. The topological polar surface area (TPSA) is 106 Å². The summed E-state index contributed by atoms with van der Waals surface area (Å²) >= 11 is 0. The maximum absolute atomic E-state index is 10.8. The normalized spacial score (nSPS) is 22.6. The van der Waals surface area contributed by atoms with Crippen LogP contribution < -0.4 is 5.32 Å². The van der Waals surface area contributed by atoms with E-state index < -0.39 is 10.9 Å². The number of carboxylic acids is 1. The van der Waals surface area contributed by atoms with E-state index in [0.717, 1.165) is 32.2 Å². The summed E-state index contributed by atoms with van der Waals surface area (Å²) in [7, 11) is 0. The molecule has 20 heavy (non-hydrogen) atoms. The fourth-order valence-corrected chi connectivity index (χ4v) is 2.57. The van der Waals surface area contributed by atoms with Gasteiger partial charge in [0.1, 0.15) is 10.7 Å². The van der Waals surface area contributed by atoms with Gasteiger partial charge in [0.25, 0.3) is 0 Å². The third-order valence-corrected chi connectivity index (χ3v) is 3.76. The van der Waals surface area contributed by atoms with Gasteiger partial charge in [-0.05, 0) is 44.2 Å². The first-order valence-corrected chi connectivity index (χ1v) is 6.73. The standard InChI is InChI=1S/C13H18N2O5/c16-13(17)10-3-1-9(2-4-10)7-14-8-11-5-6-12(20-11)15(18)19/h5-6,9-10,14H,1-4,7-8H2,(H,16,17). The minimum Gasteiger partial charge on any atom is -0.481 e. The van der Waals surface area contributed by atoms with Crippen LogP contribution in [0.4, 0.5) is 5.88 Å². The summed E-state index contributed by atoms with van der Waals surface area (Å²) in [6.45, 7) is 1.23. The average Bonchev–Trinajstić information content (AvgIpc) is 2.88. The summed E-state index contributed by atoms with van der Waals surface area (Å²) < 4.78 is 5.04. The van der Waals surface area contributed by atoms with Crippen LogP contribution in [-0.2, 0) is 11.3 Å². The zero-order valence-electron chi connectivity index (χ0n) is 11.1. The zero-order valence-corrected chi connectivity index (χ0v) is 11.1. The van der Waals surface area contributed by atoms with Crippen LogP contribution in [0.2, 0.25) is 0 Å². The Morgan fingerprint density at radius 2 is 2.10 bits per heavy atom. The molecule has 0 unspecified atom stereocenters. The number of hydrogen-bond acceptors (Lipinski definition) is 5. The largest absolute Gasteiger partial charge is 0.481 e. The highest BCUT2D eigenvalue weighted by molar-refractivity contribution is 5.69. The molecule has 0 atom stereocenters. The predicted octanol–water partition coefficient (Wildman–Crippen LogP) is 2.17. The molecule has 0 radical (unpaired) electrons. The summed E-state index contributed by atoms with van der Waals surface area (Å²) in [6.07, 6.45) is 3.27. The van der Waals surface area contributed by atoms with Gasteiger partial charge in [-0.15, -0.1) is 0 Å². The fraction of sp³-hybridized carbons (Fsp3) is 0.615. The summed E-state index contributed by atoms with van der Waals surface area (Å²) in [5, 5.41) is 22.6. The lowest BCUT2D eigenvalue weighted by Gasteiger charge is -2.26. The number of carboxylic acid groups (broad SMARTS) is 1.